The smallest absolute Gasteiger partial charge is 0.269 e. The summed E-state index contributed by atoms with van der Waals surface area (Å²) in [6, 6.07) is 12.3. The first-order valence-corrected chi connectivity index (χ1v) is 7.97. The van der Waals surface area contributed by atoms with Crippen LogP contribution in [0.15, 0.2) is 53.1 Å². The number of nitro benzene ring substituents is 1. The summed E-state index contributed by atoms with van der Waals surface area (Å²) in [6.07, 6.45) is 0. The zero-order valence-corrected chi connectivity index (χ0v) is 14.3. The monoisotopic (exact) mass is 356 g/mol. The molecule has 0 unspecified atom stereocenters. The maximum absolute atomic E-state index is 13.0. The Kier molecular flexibility index (Phi) is 5.04. The second kappa shape index (κ2) is 7.40. The molecule has 0 saturated carbocycles. The van der Waals surface area contributed by atoms with Crippen LogP contribution in [0.2, 0.25) is 0 Å². The van der Waals surface area contributed by atoms with Crippen LogP contribution in [0.25, 0.3) is 11.4 Å². The van der Waals surface area contributed by atoms with Crippen LogP contribution < -0.4 is 0 Å². The number of non-ortho nitro benzene ring substituents is 1. The van der Waals surface area contributed by atoms with E-state index in [4.69, 9.17) is 4.52 Å². The lowest BCUT2D eigenvalue weighted by molar-refractivity contribution is -0.384. The van der Waals surface area contributed by atoms with E-state index in [1.165, 1.54) is 18.2 Å². The fourth-order valence-electron chi connectivity index (χ4n) is 2.54. The molecule has 0 fully saturated rings. The van der Waals surface area contributed by atoms with E-state index in [9.17, 15) is 14.5 Å². The Morgan fingerprint density at radius 3 is 2.69 bits per heavy atom. The summed E-state index contributed by atoms with van der Waals surface area (Å²) in [5.41, 5.74) is 1.54. The zero-order chi connectivity index (χ0) is 18.7. The standard InChI is InChI=1S/C18H17FN4O3/c1-12(14-4-3-5-16(10-14)23(24)25)22(2)11-17-20-18(21-26-17)13-6-8-15(19)9-7-13/h3-10,12H,11H2,1-2H3/t12-/m1/s1. The summed E-state index contributed by atoms with van der Waals surface area (Å²) in [6.45, 7) is 2.31. The molecule has 0 aliphatic carbocycles. The number of nitro groups is 1. The van der Waals surface area contributed by atoms with E-state index in [0.29, 0.717) is 23.8 Å². The number of benzene rings is 2. The predicted molar refractivity (Wildman–Crippen MR) is 92.7 cm³/mol. The van der Waals surface area contributed by atoms with E-state index in [0.717, 1.165) is 5.56 Å². The van der Waals surface area contributed by atoms with Crippen LogP contribution >= 0.6 is 0 Å². The minimum Gasteiger partial charge on any atom is -0.338 e. The van der Waals surface area contributed by atoms with Gasteiger partial charge >= 0.3 is 0 Å². The van der Waals surface area contributed by atoms with Crippen molar-refractivity contribution < 1.29 is 13.8 Å². The summed E-state index contributed by atoms with van der Waals surface area (Å²) in [7, 11) is 1.87. The first kappa shape index (κ1) is 17.7. The lowest BCUT2D eigenvalue weighted by atomic mass is 10.1. The van der Waals surface area contributed by atoms with Crippen LogP contribution in [0.1, 0.15) is 24.4 Å². The van der Waals surface area contributed by atoms with Crippen LogP contribution in [-0.4, -0.2) is 27.0 Å². The van der Waals surface area contributed by atoms with Crippen LogP contribution in [-0.2, 0) is 6.54 Å². The Morgan fingerprint density at radius 2 is 2.00 bits per heavy atom. The molecule has 0 aliphatic heterocycles. The highest BCUT2D eigenvalue weighted by Gasteiger charge is 2.18. The topological polar surface area (TPSA) is 85.3 Å². The molecule has 0 bridgehead atoms. The minimum atomic E-state index is -0.413. The quantitative estimate of drug-likeness (QED) is 0.491. The highest BCUT2D eigenvalue weighted by molar-refractivity contribution is 5.53. The SMILES string of the molecule is C[C@H](c1cccc([N+](=O)[O-])c1)N(C)Cc1nc(-c2ccc(F)cc2)no1. The van der Waals surface area contributed by atoms with Crippen LogP contribution in [0, 0.1) is 15.9 Å². The second-order valence-electron chi connectivity index (χ2n) is 5.96. The molecule has 8 heteroatoms. The van der Waals surface area contributed by atoms with Gasteiger partial charge in [0.05, 0.1) is 11.5 Å². The number of halogens is 1. The van der Waals surface area contributed by atoms with Crippen molar-refractivity contribution in [2.75, 3.05) is 7.05 Å². The molecule has 0 radical (unpaired) electrons. The molecule has 1 heterocycles. The normalized spacial score (nSPS) is 12.3. The van der Waals surface area contributed by atoms with Crippen LogP contribution in [0.4, 0.5) is 10.1 Å². The molecule has 0 saturated heterocycles. The van der Waals surface area contributed by atoms with E-state index in [-0.39, 0.29) is 17.5 Å². The third-order valence-electron chi connectivity index (χ3n) is 4.18. The van der Waals surface area contributed by atoms with Crippen molar-refractivity contribution in [2.24, 2.45) is 0 Å². The molecule has 1 aromatic heterocycles. The Hall–Kier alpha value is -3.13. The van der Waals surface area contributed by atoms with Crippen molar-refractivity contribution >= 4 is 5.69 Å². The summed E-state index contributed by atoms with van der Waals surface area (Å²) in [5.74, 6) is 0.462. The van der Waals surface area contributed by atoms with Gasteiger partial charge in [0.15, 0.2) is 0 Å². The van der Waals surface area contributed by atoms with Gasteiger partial charge in [-0.25, -0.2) is 4.39 Å². The molecule has 26 heavy (non-hydrogen) atoms. The Morgan fingerprint density at radius 1 is 1.27 bits per heavy atom. The van der Waals surface area contributed by atoms with Crippen molar-refractivity contribution in [1.29, 1.82) is 0 Å². The van der Waals surface area contributed by atoms with E-state index in [2.05, 4.69) is 10.1 Å². The molecular weight excluding hydrogens is 339 g/mol. The van der Waals surface area contributed by atoms with Gasteiger partial charge in [-0.05, 0) is 43.8 Å². The Bertz CT molecular complexity index is 911. The Labute approximate surface area is 149 Å². The number of aromatic nitrogens is 2. The molecular formula is C18H17FN4O3. The average Bonchev–Trinajstić information content (AvgIpc) is 3.10. The highest BCUT2D eigenvalue weighted by Crippen LogP contribution is 2.24. The van der Waals surface area contributed by atoms with Crippen molar-refractivity contribution in [1.82, 2.24) is 15.0 Å². The third kappa shape index (κ3) is 3.92. The van der Waals surface area contributed by atoms with Gasteiger partial charge in [0.2, 0.25) is 11.7 Å². The van der Waals surface area contributed by atoms with Gasteiger partial charge in [0.1, 0.15) is 5.82 Å². The van der Waals surface area contributed by atoms with Crippen LogP contribution in [0.5, 0.6) is 0 Å². The van der Waals surface area contributed by atoms with E-state index < -0.39 is 4.92 Å². The minimum absolute atomic E-state index is 0.0548. The van der Waals surface area contributed by atoms with E-state index in [1.807, 2.05) is 24.9 Å². The summed E-state index contributed by atoms with van der Waals surface area (Å²) >= 11 is 0. The lowest BCUT2D eigenvalue weighted by Crippen LogP contribution is -2.22. The van der Waals surface area contributed by atoms with Gasteiger partial charge in [-0.3, -0.25) is 15.0 Å². The molecule has 0 N–H and O–H groups in total. The second-order valence-corrected chi connectivity index (χ2v) is 5.96. The number of hydrogen-bond acceptors (Lipinski definition) is 6. The predicted octanol–water partition coefficient (Wildman–Crippen LogP) is 3.98. The van der Waals surface area contributed by atoms with Crippen molar-refractivity contribution in [3.8, 4) is 11.4 Å². The van der Waals surface area contributed by atoms with Gasteiger partial charge in [0, 0.05) is 23.7 Å². The number of nitrogens with zero attached hydrogens (tertiary/aromatic N) is 4. The largest absolute Gasteiger partial charge is 0.338 e. The molecule has 0 aliphatic rings. The summed E-state index contributed by atoms with van der Waals surface area (Å²) in [4.78, 5) is 16.8. The molecule has 1 atom stereocenters. The maximum Gasteiger partial charge on any atom is 0.269 e. The maximum atomic E-state index is 13.0. The fraction of sp³-hybridized carbons (Fsp3) is 0.222. The third-order valence-corrected chi connectivity index (χ3v) is 4.18. The number of hydrogen-bond donors (Lipinski definition) is 0. The van der Waals surface area contributed by atoms with Crippen LogP contribution in [0.3, 0.4) is 0 Å². The lowest BCUT2D eigenvalue weighted by Gasteiger charge is -2.23. The van der Waals surface area contributed by atoms with Crippen molar-refractivity contribution in [2.45, 2.75) is 19.5 Å². The highest BCUT2D eigenvalue weighted by atomic mass is 19.1. The fourth-order valence-corrected chi connectivity index (χ4v) is 2.54. The molecule has 7 nitrogen and oxygen atoms in total. The van der Waals surface area contributed by atoms with E-state index in [1.54, 1.807) is 24.3 Å². The summed E-state index contributed by atoms with van der Waals surface area (Å²) in [5, 5.41) is 14.8. The average molecular weight is 356 g/mol. The number of rotatable bonds is 6. The van der Waals surface area contributed by atoms with Gasteiger partial charge < -0.3 is 4.52 Å². The molecule has 2 aromatic carbocycles. The molecule has 3 rings (SSSR count). The molecule has 0 spiro atoms. The summed E-state index contributed by atoms with van der Waals surface area (Å²) < 4.78 is 18.3. The molecule has 134 valence electrons. The zero-order valence-electron chi connectivity index (χ0n) is 14.3. The first-order chi connectivity index (χ1) is 12.4. The van der Waals surface area contributed by atoms with Gasteiger partial charge in [-0.15, -0.1) is 0 Å². The van der Waals surface area contributed by atoms with E-state index >= 15 is 0 Å². The van der Waals surface area contributed by atoms with Gasteiger partial charge in [0.25, 0.3) is 5.69 Å². The first-order valence-electron chi connectivity index (χ1n) is 7.97. The molecule has 3 aromatic rings. The van der Waals surface area contributed by atoms with Crippen molar-refractivity contribution in [3.05, 3.63) is 75.9 Å². The van der Waals surface area contributed by atoms with Crippen molar-refractivity contribution in [3.63, 3.8) is 0 Å². The van der Waals surface area contributed by atoms with Gasteiger partial charge in [-0.2, -0.15) is 4.98 Å². The molecule has 0 amide bonds. The Balaban J connectivity index is 1.71. The van der Waals surface area contributed by atoms with Gasteiger partial charge in [-0.1, -0.05) is 17.3 Å².